The van der Waals surface area contributed by atoms with Crippen molar-refractivity contribution in [3.63, 3.8) is 0 Å². The van der Waals surface area contributed by atoms with Gasteiger partial charge in [-0.05, 0) is 29.7 Å². The predicted octanol–water partition coefficient (Wildman–Crippen LogP) is -1.21. The van der Waals surface area contributed by atoms with Crippen molar-refractivity contribution in [3.05, 3.63) is 58.7 Å². The number of fused-ring (bicyclic) bond motifs is 1. The van der Waals surface area contributed by atoms with Gasteiger partial charge in [-0.2, -0.15) is 0 Å². The lowest BCUT2D eigenvalue weighted by Gasteiger charge is -2.35. The summed E-state index contributed by atoms with van der Waals surface area (Å²) in [7, 11) is 25.3. The first kappa shape index (κ1) is 26.2. The van der Waals surface area contributed by atoms with Gasteiger partial charge in [0.1, 0.15) is 49.8 Å². The van der Waals surface area contributed by atoms with Crippen LogP contribution in [-0.4, -0.2) is 90.6 Å². The molecule has 13 heteroatoms. The molecule has 3 aliphatic rings. The van der Waals surface area contributed by atoms with Crippen molar-refractivity contribution in [2.24, 2.45) is 0 Å². The van der Waals surface area contributed by atoms with E-state index in [0.29, 0.717) is 29.8 Å². The molecule has 2 atom stereocenters. The predicted molar refractivity (Wildman–Crippen MR) is 139 cm³/mol. The second kappa shape index (κ2) is 10.0. The number of nitrogens with one attached hydrogen (secondary N) is 1. The van der Waals surface area contributed by atoms with Crippen LogP contribution in [0.25, 0.3) is 0 Å². The van der Waals surface area contributed by atoms with E-state index >= 15 is 0 Å². The van der Waals surface area contributed by atoms with Gasteiger partial charge in [0.2, 0.25) is 17.7 Å². The molecule has 184 valence electrons. The smallest absolute Gasteiger partial charge is 0.255 e. The van der Waals surface area contributed by atoms with E-state index in [9.17, 15) is 19.2 Å². The van der Waals surface area contributed by atoms with Crippen molar-refractivity contribution in [2.45, 2.75) is 36.8 Å². The molecular formula is C25H21B4N3O6. The van der Waals surface area contributed by atoms with Crippen LogP contribution in [-0.2, 0) is 31.1 Å². The third-order valence-electron chi connectivity index (χ3n) is 7.01. The first-order valence-corrected chi connectivity index (χ1v) is 12.1. The Morgan fingerprint density at radius 3 is 2.63 bits per heavy atom. The number of rotatable bonds is 6. The van der Waals surface area contributed by atoms with E-state index in [1.54, 1.807) is 36.4 Å². The minimum Gasteiger partial charge on any atom is -0.502 e. The van der Waals surface area contributed by atoms with Gasteiger partial charge < -0.3 is 19.3 Å². The number of imide groups is 1. The molecule has 2 aromatic carbocycles. The number of hydrogen-bond acceptors (Lipinski definition) is 6. The first-order chi connectivity index (χ1) is 18.1. The summed E-state index contributed by atoms with van der Waals surface area (Å²) in [6.07, 6.45) is 0.382. The van der Waals surface area contributed by atoms with Crippen LogP contribution in [0.3, 0.4) is 0 Å². The second-order valence-corrected chi connectivity index (χ2v) is 9.51. The monoisotopic (exact) mass is 503 g/mol. The van der Waals surface area contributed by atoms with Crippen molar-refractivity contribution < 1.29 is 28.7 Å². The minimum atomic E-state index is -1.89. The van der Waals surface area contributed by atoms with Gasteiger partial charge >= 0.3 is 0 Å². The highest BCUT2D eigenvalue weighted by atomic mass is 16.5. The maximum atomic E-state index is 13.1. The van der Waals surface area contributed by atoms with Crippen molar-refractivity contribution in [1.29, 1.82) is 0 Å². The molecule has 5 rings (SSSR count). The van der Waals surface area contributed by atoms with Crippen molar-refractivity contribution in [3.8, 4) is 5.75 Å². The number of nitrogens with zero attached hydrogens (tertiary/aromatic N) is 2. The molecule has 0 aliphatic carbocycles. The summed E-state index contributed by atoms with van der Waals surface area (Å²) in [6, 6.07) is 8.94. The molecule has 2 saturated heterocycles. The normalized spacial score (nSPS) is 20.8. The zero-order valence-corrected chi connectivity index (χ0v) is 20.5. The van der Waals surface area contributed by atoms with Crippen LogP contribution in [0.2, 0.25) is 0 Å². The highest BCUT2D eigenvalue weighted by molar-refractivity contribution is 6.42. The Labute approximate surface area is 225 Å². The third-order valence-corrected chi connectivity index (χ3v) is 7.01. The summed E-state index contributed by atoms with van der Waals surface area (Å²) in [6.45, 7) is 0.800. The summed E-state index contributed by atoms with van der Waals surface area (Å²) < 4.78 is 11.2. The fraction of sp³-hybridized carbons (Fsp3) is 0.360. The number of amides is 4. The average Bonchev–Trinajstić information content (AvgIpc) is 3.20. The molecular weight excluding hydrogens is 482 g/mol. The highest BCUT2D eigenvalue weighted by Gasteiger charge is 2.40. The van der Waals surface area contributed by atoms with Gasteiger partial charge in [0.05, 0.1) is 13.2 Å². The molecule has 2 aromatic rings. The lowest BCUT2D eigenvalue weighted by molar-refractivity contribution is -0.143. The van der Waals surface area contributed by atoms with E-state index in [4.69, 9.17) is 40.9 Å². The Bertz CT molecular complexity index is 1340. The van der Waals surface area contributed by atoms with E-state index in [2.05, 4.69) is 5.32 Å². The van der Waals surface area contributed by atoms with Gasteiger partial charge in [-0.25, -0.2) is 0 Å². The van der Waals surface area contributed by atoms with Crippen LogP contribution in [0.1, 0.15) is 45.8 Å². The largest absolute Gasteiger partial charge is 0.502 e. The molecule has 1 N–H and O–H groups in total. The summed E-state index contributed by atoms with van der Waals surface area (Å²) in [5.41, 5.74) is 1.93. The second-order valence-electron chi connectivity index (χ2n) is 9.51. The Balaban J connectivity index is 1.36. The van der Waals surface area contributed by atoms with E-state index in [0.717, 1.165) is 0 Å². The number of hydrogen-bond donors (Lipinski definition) is 1. The molecule has 8 radical (unpaired) electrons. The number of carbonyl (C=O) groups excluding carboxylic acids is 4. The summed E-state index contributed by atoms with van der Waals surface area (Å²) in [4.78, 5) is 52.1. The molecule has 0 saturated carbocycles. The highest BCUT2D eigenvalue weighted by Crippen LogP contribution is 2.36. The zero-order chi connectivity index (χ0) is 27.2. The van der Waals surface area contributed by atoms with Crippen LogP contribution >= 0.6 is 0 Å². The minimum absolute atomic E-state index is 0.0330. The van der Waals surface area contributed by atoms with E-state index in [1.807, 2.05) is 0 Å². The van der Waals surface area contributed by atoms with Crippen LogP contribution < -0.4 is 15.5 Å². The topological polar surface area (TPSA) is 105 Å². The number of carbonyl (C=O) groups is 4. The standard InChI is InChI=1S/C25H21B4N3O6/c26-17-10-13(22(27)31-8-9-37-12-21(31)34)4-5-16(17)25(28,29)38-19-3-1-2-14-15(19)11-32(24(14)36)18-6-7-20(33)30-23(18)35/h1-5,10,18,22H,6-9,11-12H2,(H,30,33,35). The third kappa shape index (κ3) is 4.75. The molecule has 9 nitrogen and oxygen atoms in total. The quantitative estimate of drug-likeness (QED) is 0.393. The number of morpholine rings is 1. The maximum Gasteiger partial charge on any atom is 0.255 e. The van der Waals surface area contributed by atoms with Crippen LogP contribution in [0.5, 0.6) is 5.75 Å². The Kier molecular flexibility index (Phi) is 6.90. The molecule has 3 heterocycles. The van der Waals surface area contributed by atoms with Crippen LogP contribution in [0, 0.1) is 0 Å². The van der Waals surface area contributed by atoms with Gasteiger partial charge in [-0.1, -0.05) is 29.7 Å². The van der Waals surface area contributed by atoms with E-state index < -0.39 is 23.3 Å². The van der Waals surface area contributed by atoms with Crippen LogP contribution in [0.15, 0.2) is 36.4 Å². The summed E-state index contributed by atoms with van der Waals surface area (Å²) in [5, 5.41) is 0.389. The van der Waals surface area contributed by atoms with Gasteiger partial charge in [0, 0.05) is 35.4 Å². The Morgan fingerprint density at radius 2 is 1.92 bits per heavy atom. The molecule has 2 fully saturated rings. The first-order valence-electron chi connectivity index (χ1n) is 12.1. The fourth-order valence-corrected chi connectivity index (χ4v) is 5.01. The van der Waals surface area contributed by atoms with Gasteiger partial charge in [0.15, 0.2) is 0 Å². The summed E-state index contributed by atoms with van der Waals surface area (Å²) >= 11 is 0. The van der Waals surface area contributed by atoms with Gasteiger partial charge in [0.25, 0.3) is 5.91 Å². The lowest BCUT2D eigenvalue weighted by Crippen LogP contribution is -2.52. The zero-order valence-electron chi connectivity index (χ0n) is 20.5. The molecule has 0 spiro atoms. The average molecular weight is 503 g/mol. The summed E-state index contributed by atoms with van der Waals surface area (Å²) in [5.74, 6) is -1.92. The molecule has 3 aliphatic heterocycles. The van der Waals surface area contributed by atoms with Gasteiger partial charge in [-0.15, -0.1) is 0 Å². The van der Waals surface area contributed by atoms with Crippen molar-refractivity contribution in [2.75, 3.05) is 19.8 Å². The Morgan fingerprint density at radius 1 is 1.13 bits per heavy atom. The lowest BCUT2D eigenvalue weighted by atomic mass is 9.58. The maximum absolute atomic E-state index is 13.1. The van der Waals surface area contributed by atoms with Crippen molar-refractivity contribution in [1.82, 2.24) is 15.1 Å². The molecule has 38 heavy (non-hydrogen) atoms. The SMILES string of the molecule is [B]c1cc(C([B])N2CCOCC2=O)ccc1C([B])([B])Oc1cccc2c1CN(C1CCC(=O)NC1=O)C2=O. The van der Waals surface area contributed by atoms with Gasteiger partial charge in [-0.3, -0.25) is 24.5 Å². The number of ether oxygens (including phenoxy) is 2. The Hall–Kier alpha value is -3.46. The number of piperidine rings is 1. The number of benzene rings is 2. The molecule has 0 aromatic heterocycles. The molecule has 4 amide bonds. The van der Waals surface area contributed by atoms with E-state index in [1.165, 1.54) is 9.80 Å². The molecule has 2 unspecified atom stereocenters. The molecule has 0 bridgehead atoms. The van der Waals surface area contributed by atoms with Crippen molar-refractivity contribution >= 4 is 60.5 Å². The van der Waals surface area contributed by atoms with Crippen LogP contribution in [0.4, 0.5) is 0 Å². The fourth-order valence-electron chi connectivity index (χ4n) is 5.01. The van der Waals surface area contributed by atoms with E-state index in [-0.39, 0.29) is 60.5 Å².